The van der Waals surface area contributed by atoms with Gasteiger partial charge >= 0.3 is 5.69 Å². The van der Waals surface area contributed by atoms with E-state index in [1.807, 2.05) is 12.1 Å². The summed E-state index contributed by atoms with van der Waals surface area (Å²) in [5, 5.41) is 3.33. The Morgan fingerprint density at radius 2 is 1.63 bits per heavy atom. The highest BCUT2D eigenvalue weighted by Gasteiger charge is 2.05. The van der Waals surface area contributed by atoms with E-state index in [4.69, 9.17) is 0 Å². The summed E-state index contributed by atoms with van der Waals surface area (Å²) in [5.74, 6) is 0. The van der Waals surface area contributed by atoms with Gasteiger partial charge in [0.15, 0.2) is 0 Å². The van der Waals surface area contributed by atoms with Gasteiger partial charge in [0, 0.05) is 31.5 Å². The van der Waals surface area contributed by atoms with Crippen molar-refractivity contribution in [2.75, 3.05) is 24.1 Å². The molecule has 0 aliphatic heterocycles. The van der Waals surface area contributed by atoms with Crippen molar-refractivity contribution in [1.82, 2.24) is 14.5 Å². The first-order chi connectivity index (χ1) is 12.7. The molecule has 0 bridgehead atoms. The molecule has 1 aromatic heterocycles. The van der Waals surface area contributed by atoms with E-state index in [0.29, 0.717) is 12.1 Å². The van der Waals surface area contributed by atoms with E-state index in [2.05, 4.69) is 10.0 Å². The van der Waals surface area contributed by atoms with Crippen molar-refractivity contribution in [2.24, 2.45) is 14.1 Å². The summed E-state index contributed by atoms with van der Waals surface area (Å²) in [4.78, 5) is 23.6. The number of hydrogen-bond acceptors (Lipinski definition) is 5. The van der Waals surface area contributed by atoms with Crippen LogP contribution in [0.25, 0.3) is 0 Å². The smallest absolute Gasteiger partial charge is 0.316 e. The first-order valence-electron chi connectivity index (χ1n) is 8.71. The molecule has 0 aliphatic carbocycles. The SMILES string of the molecule is Cn1c(CCCNCCc2ccc(NS(C)(=O)=O)cc2)cc(=O)n(C)c1=O. The summed E-state index contributed by atoms with van der Waals surface area (Å²) in [6.07, 6.45) is 3.41. The highest BCUT2D eigenvalue weighted by molar-refractivity contribution is 7.92. The van der Waals surface area contributed by atoms with Gasteiger partial charge in [0.05, 0.1) is 6.26 Å². The van der Waals surface area contributed by atoms with Gasteiger partial charge in [0.2, 0.25) is 10.0 Å². The normalized spacial score (nSPS) is 11.5. The Kier molecular flexibility index (Phi) is 6.98. The lowest BCUT2D eigenvalue weighted by molar-refractivity contribution is 0.606. The van der Waals surface area contributed by atoms with Crippen LogP contribution in [0.15, 0.2) is 39.9 Å². The Bertz CT molecular complexity index is 992. The molecule has 0 saturated carbocycles. The van der Waals surface area contributed by atoms with Crippen LogP contribution in [0.3, 0.4) is 0 Å². The maximum absolute atomic E-state index is 11.9. The van der Waals surface area contributed by atoms with Crippen molar-refractivity contribution in [1.29, 1.82) is 0 Å². The first kappa shape index (κ1) is 20.9. The second-order valence-electron chi connectivity index (χ2n) is 6.55. The van der Waals surface area contributed by atoms with Crippen LogP contribution in [0.1, 0.15) is 17.7 Å². The summed E-state index contributed by atoms with van der Waals surface area (Å²) >= 11 is 0. The van der Waals surface area contributed by atoms with Gasteiger partial charge in [-0.05, 0) is 50.0 Å². The molecule has 0 saturated heterocycles. The predicted molar refractivity (Wildman–Crippen MR) is 107 cm³/mol. The van der Waals surface area contributed by atoms with Gasteiger partial charge in [-0.15, -0.1) is 0 Å². The summed E-state index contributed by atoms with van der Waals surface area (Å²) in [5.41, 5.74) is 1.80. The molecule has 0 unspecified atom stereocenters. The van der Waals surface area contributed by atoms with Gasteiger partial charge < -0.3 is 9.88 Å². The van der Waals surface area contributed by atoms with Gasteiger partial charge in [-0.2, -0.15) is 0 Å². The zero-order valence-electron chi connectivity index (χ0n) is 15.9. The number of hydrogen-bond donors (Lipinski definition) is 2. The fraction of sp³-hybridized carbons (Fsp3) is 0.444. The molecule has 2 rings (SSSR count). The van der Waals surface area contributed by atoms with Crippen LogP contribution in [0.4, 0.5) is 5.69 Å². The molecular formula is C18H26N4O4S. The van der Waals surface area contributed by atoms with E-state index in [0.717, 1.165) is 48.0 Å². The maximum atomic E-state index is 11.9. The van der Waals surface area contributed by atoms with Crippen molar-refractivity contribution in [3.63, 3.8) is 0 Å². The molecule has 8 nitrogen and oxygen atoms in total. The molecule has 0 radical (unpaired) electrons. The molecule has 0 spiro atoms. The van der Waals surface area contributed by atoms with E-state index in [1.54, 1.807) is 19.2 Å². The molecule has 9 heteroatoms. The Hall–Kier alpha value is -2.39. The van der Waals surface area contributed by atoms with E-state index >= 15 is 0 Å². The predicted octanol–water partition coefficient (Wildman–Crippen LogP) is 0.220. The van der Waals surface area contributed by atoms with Crippen molar-refractivity contribution >= 4 is 15.7 Å². The summed E-state index contributed by atoms with van der Waals surface area (Å²) < 4.78 is 27.4. The topological polar surface area (TPSA) is 102 Å². The Morgan fingerprint density at radius 3 is 2.26 bits per heavy atom. The van der Waals surface area contributed by atoms with Crippen LogP contribution >= 0.6 is 0 Å². The second kappa shape index (κ2) is 9.01. The molecule has 1 heterocycles. The molecule has 148 valence electrons. The van der Waals surface area contributed by atoms with Crippen LogP contribution in [-0.4, -0.2) is 36.9 Å². The second-order valence-corrected chi connectivity index (χ2v) is 8.30. The highest BCUT2D eigenvalue weighted by Crippen LogP contribution is 2.11. The zero-order valence-corrected chi connectivity index (χ0v) is 16.7. The standard InChI is InChI=1S/C18H26N4O4S/c1-21-16(13-17(23)22(2)18(21)24)5-4-11-19-12-10-14-6-8-15(9-7-14)20-27(3,25)26/h6-9,13,19-20H,4-5,10-12H2,1-3H3. The number of benzene rings is 1. The van der Waals surface area contributed by atoms with E-state index in [-0.39, 0.29) is 11.2 Å². The number of sulfonamides is 1. The third kappa shape index (κ3) is 6.37. The van der Waals surface area contributed by atoms with Crippen molar-refractivity contribution in [2.45, 2.75) is 19.3 Å². The van der Waals surface area contributed by atoms with E-state index in [1.165, 1.54) is 17.7 Å². The van der Waals surface area contributed by atoms with Crippen LogP contribution in [-0.2, 0) is 37.0 Å². The van der Waals surface area contributed by atoms with Crippen molar-refractivity contribution in [3.8, 4) is 0 Å². The number of nitrogens with zero attached hydrogens (tertiary/aromatic N) is 2. The Labute approximate surface area is 158 Å². The monoisotopic (exact) mass is 394 g/mol. The first-order valence-corrected chi connectivity index (χ1v) is 10.6. The van der Waals surface area contributed by atoms with Crippen LogP contribution < -0.4 is 21.3 Å². The fourth-order valence-electron chi connectivity index (χ4n) is 2.72. The van der Waals surface area contributed by atoms with E-state index < -0.39 is 10.0 Å². The number of aromatic nitrogens is 2. The summed E-state index contributed by atoms with van der Waals surface area (Å²) in [6, 6.07) is 8.78. The summed E-state index contributed by atoms with van der Waals surface area (Å²) in [7, 11) is -0.110. The molecular weight excluding hydrogens is 368 g/mol. The van der Waals surface area contributed by atoms with E-state index in [9.17, 15) is 18.0 Å². The van der Waals surface area contributed by atoms with Crippen LogP contribution in [0, 0.1) is 0 Å². The highest BCUT2D eigenvalue weighted by atomic mass is 32.2. The number of aryl methyl sites for hydroxylation is 1. The quantitative estimate of drug-likeness (QED) is 0.593. The molecule has 2 aromatic rings. The largest absolute Gasteiger partial charge is 0.330 e. The zero-order chi connectivity index (χ0) is 20.0. The van der Waals surface area contributed by atoms with Crippen molar-refractivity contribution < 1.29 is 8.42 Å². The third-order valence-electron chi connectivity index (χ3n) is 4.26. The molecule has 27 heavy (non-hydrogen) atoms. The minimum atomic E-state index is -3.26. The van der Waals surface area contributed by atoms with Gasteiger partial charge in [-0.25, -0.2) is 13.2 Å². The van der Waals surface area contributed by atoms with Crippen molar-refractivity contribution in [3.05, 3.63) is 62.4 Å². The average Bonchev–Trinajstić information content (AvgIpc) is 2.60. The molecule has 0 fully saturated rings. The van der Waals surface area contributed by atoms with Gasteiger partial charge in [0.25, 0.3) is 5.56 Å². The van der Waals surface area contributed by atoms with Crippen LogP contribution in [0.2, 0.25) is 0 Å². The maximum Gasteiger partial charge on any atom is 0.330 e. The fourth-order valence-corrected chi connectivity index (χ4v) is 3.29. The number of rotatable bonds is 9. The molecule has 0 amide bonds. The lowest BCUT2D eigenvalue weighted by atomic mass is 10.1. The van der Waals surface area contributed by atoms with Gasteiger partial charge in [-0.3, -0.25) is 14.1 Å². The Morgan fingerprint density at radius 1 is 0.963 bits per heavy atom. The number of nitrogens with one attached hydrogen (secondary N) is 2. The molecule has 0 atom stereocenters. The summed E-state index contributed by atoms with van der Waals surface area (Å²) in [6.45, 7) is 1.56. The third-order valence-corrected chi connectivity index (χ3v) is 4.87. The lowest BCUT2D eigenvalue weighted by Gasteiger charge is -2.10. The lowest BCUT2D eigenvalue weighted by Crippen LogP contribution is -2.38. The van der Waals surface area contributed by atoms with Gasteiger partial charge in [-0.1, -0.05) is 12.1 Å². The molecule has 1 aromatic carbocycles. The molecule has 0 aliphatic rings. The minimum absolute atomic E-state index is 0.283. The number of anilines is 1. The molecule has 2 N–H and O–H groups in total. The Balaban J connectivity index is 1.74. The average molecular weight is 394 g/mol. The van der Waals surface area contributed by atoms with Crippen LogP contribution in [0.5, 0.6) is 0 Å². The minimum Gasteiger partial charge on any atom is -0.316 e. The van der Waals surface area contributed by atoms with Gasteiger partial charge in [0.1, 0.15) is 0 Å².